The first kappa shape index (κ1) is 17.0. The van der Waals surface area contributed by atoms with Gasteiger partial charge < -0.3 is 15.4 Å². The van der Waals surface area contributed by atoms with Gasteiger partial charge in [-0.15, -0.1) is 0 Å². The van der Waals surface area contributed by atoms with Gasteiger partial charge in [-0.2, -0.15) is 0 Å². The number of nitrogens with zero attached hydrogens (tertiary/aromatic N) is 1. The van der Waals surface area contributed by atoms with E-state index in [1.54, 1.807) is 6.07 Å². The summed E-state index contributed by atoms with van der Waals surface area (Å²) < 4.78 is 6.27. The third-order valence-electron chi connectivity index (χ3n) is 6.76. The largest absolute Gasteiger partial charge is 0.373 e. The molecule has 136 valence electrons. The Morgan fingerprint density at radius 2 is 1.96 bits per heavy atom. The highest BCUT2D eigenvalue weighted by molar-refractivity contribution is 5.92. The minimum absolute atomic E-state index is 0.264. The molecular weight excluding hydrogens is 312 g/mol. The highest BCUT2D eigenvalue weighted by Gasteiger charge is 2.53. The van der Waals surface area contributed by atoms with Crippen molar-refractivity contribution in [1.29, 1.82) is 0 Å². The zero-order chi connectivity index (χ0) is 17.4. The van der Waals surface area contributed by atoms with Crippen LogP contribution in [0.3, 0.4) is 0 Å². The van der Waals surface area contributed by atoms with Crippen molar-refractivity contribution >= 4 is 5.91 Å². The SMILES string of the molecule is COC1(c2cccc(C(N)=O)c2)[C@@H]2CCC[C@H]1CN(CCC1CC1)C2. The number of rotatable bonds is 6. The van der Waals surface area contributed by atoms with E-state index in [2.05, 4.69) is 11.0 Å². The van der Waals surface area contributed by atoms with Gasteiger partial charge in [0, 0.05) is 37.6 Å². The summed E-state index contributed by atoms with van der Waals surface area (Å²) in [6, 6.07) is 7.85. The van der Waals surface area contributed by atoms with Crippen LogP contribution in [0.2, 0.25) is 0 Å². The van der Waals surface area contributed by atoms with Gasteiger partial charge in [0.2, 0.25) is 5.91 Å². The van der Waals surface area contributed by atoms with E-state index in [-0.39, 0.29) is 11.5 Å². The zero-order valence-corrected chi connectivity index (χ0v) is 15.2. The lowest BCUT2D eigenvalue weighted by atomic mass is 9.62. The molecule has 0 spiro atoms. The second kappa shape index (κ2) is 6.73. The van der Waals surface area contributed by atoms with E-state index < -0.39 is 0 Å². The van der Waals surface area contributed by atoms with E-state index in [0.29, 0.717) is 17.4 Å². The van der Waals surface area contributed by atoms with Crippen LogP contribution in [-0.4, -0.2) is 37.6 Å². The molecule has 2 N–H and O–H groups in total. The molecule has 1 saturated heterocycles. The average molecular weight is 342 g/mol. The van der Waals surface area contributed by atoms with Crippen LogP contribution in [0, 0.1) is 17.8 Å². The lowest BCUT2D eigenvalue weighted by molar-refractivity contribution is -0.169. The highest BCUT2D eigenvalue weighted by Crippen LogP contribution is 2.51. The van der Waals surface area contributed by atoms with Crippen molar-refractivity contribution in [2.24, 2.45) is 23.5 Å². The summed E-state index contributed by atoms with van der Waals surface area (Å²) >= 11 is 0. The van der Waals surface area contributed by atoms with Gasteiger partial charge in [0.15, 0.2) is 0 Å². The lowest BCUT2D eigenvalue weighted by Gasteiger charge is -2.55. The molecule has 1 amide bonds. The molecule has 0 radical (unpaired) electrons. The van der Waals surface area contributed by atoms with Crippen molar-refractivity contribution in [2.45, 2.75) is 44.1 Å². The molecule has 25 heavy (non-hydrogen) atoms. The van der Waals surface area contributed by atoms with Crippen molar-refractivity contribution in [1.82, 2.24) is 4.90 Å². The van der Waals surface area contributed by atoms with Crippen molar-refractivity contribution in [2.75, 3.05) is 26.7 Å². The number of ether oxygens (including phenoxy) is 1. The Kier molecular flexibility index (Phi) is 4.59. The number of benzene rings is 1. The number of carbonyl (C=O) groups excluding carboxylic acids is 1. The Bertz CT molecular complexity index is 627. The predicted octanol–water partition coefficient (Wildman–Crippen LogP) is 3.16. The lowest BCUT2D eigenvalue weighted by Crippen LogP contribution is -2.59. The molecule has 2 saturated carbocycles. The smallest absolute Gasteiger partial charge is 0.248 e. The fourth-order valence-electron chi connectivity index (χ4n) is 5.32. The van der Waals surface area contributed by atoms with Crippen molar-refractivity contribution < 1.29 is 9.53 Å². The van der Waals surface area contributed by atoms with Crippen LogP contribution in [0.15, 0.2) is 24.3 Å². The summed E-state index contributed by atoms with van der Waals surface area (Å²) in [4.78, 5) is 14.3. The molecule has 1 heterocycles. The third-order valence-corrected chi connectivity index (χ3v) is 6.76. The van der Waals surface area contributed by atoms with Gasteiger partial charge in [-0.05, 0) is 49.4 Å². The number of amides is 1. The van der Waals surface area contributed by atoms with E-state index in [1.165, 1.54) is 45.1 Å². The van der Waals surface area contributed by atoms with E-state index in [4.69, 9.17) is 10.5 Å². The summed E-state index contributed by atoms with van der Waals surface area (Å²) in [7, 11) is 1.85. The van der Waals surface area contributed by atoms with Gasteiger partial charge in [-0.1, -0.05) is 31.4 Å². The van der Waals surface area contributed by atoms with Crippen LogP contribution in [-0.2, 0) is 10.3 Å². The Morgan fingerprint density at radius 3 is 2.56 bits per heavy atom. The highest BCUT2D eigenvalue weighted by atomic mass is 16.5. The van der Waals surface area contributed by atoms with Crippen LogP contribution < -0.4 is 5.73 Å². The summed E-state index contributed by atoms with van der Waals surface area (Å²) in [5, 5.41) is 0. The number of piperidine rings is 1. The van der Waals surface area contributed by atoms with E-state index in [0.717, 1.165) is 24.6 Å². The van der Waals surface area contributed by atoms with Gasteiger partial charge >= 0.3 is 0 Å². The molecule has 1 unspecified atom stereocenters. The van der Waals surface area contributed by atoms with Crippen LogP contribution in [0.4, 0.5) is 0 Å². The summed E-state index contributed by atoms with van der Waals surface area (Å²) in [6.45, 7) is 3.45. The molecule has 2 bridgehead atoms. The van der Waals surface area contributed by atoms with Crippen LogP contribution in [0.25, 0.3) is 0 Å². The molecular formula is C21H30N2O2. The molecule has 1 aliphatic heterocycles. The number of likely N-dealkylation sites (tertiary alicyclic amines) is 1. The van der Waals surface area contributed by atoms with Gasteiger partial charge in [0.1, 0.15) is 5.60 Å². The molecule has 0 aromatic heterocycles. The normalized spacial score (nSPS) is 32.5. The zero-order valence-electron chi connectivity index (χ0n) is 15.2. The number of primary amides is 1. The van der Waals surface area contributed by atoms with E-state index in [1.807, 2.05) is 19.2 Å². The first-order chi connectivity index (χ1) is 12.1. The fourth-order valence-corrected chi connectivity index (χ4v) is 5.32. The molecule has 3 fully saturated rings. The van der Waals surface area contributed by atoms with Crippen LogP contribution in [0.5, 0.6) is 0 Å². The number of hydrogen-bond donors (Lipinski definition) is 1. The first-order valence-electron chi connectivity index (χ1n) is 9.81. The second-order valence-corrected chi connectivity index (χ2v) is 8.26. The number of hydrogen-bond acceptors (Lipinski definition) is 3. The van der Waals surface area contributed by atoms with Crippen molar-refractivity contribution in [3.05, 3.63) is 35.4 Å². The number of fused-ring (bicyclic) bond motifs is 2. The topological polar surface area (TPSA) is 55.6 Å². The molecule has 1 aromatic carbocycles. The molecule has 3 atom stereocenters. The summed E-state index contributed by atoms with van der Waals surface area (Å²) in [5.74, 6) is 1.61. The van der Waals surface area contributed by atoms with Gasteiger partial charge in [0.25, 0.3) is 0 Å². The van der Waals surface area contributed by atoms with Gasteiger partial charge in [-0.25, -0.2) is 0 Å². The van der Waals surface area contributed by atoms with Crippen LogP contribution >= 0.6 is 0 Å². The minimum atomic E-state index is -0.361. The Hall–Kier alpha value is -1.39. The van der Waals surface area contributed by atoms with Crippen molar-refractivity contribution in [3.63, 3.8) is 0 Å². The third kappa shape index (κ3) is 3.11. The maximum atomic E-state index is 11.7. The van der Waals surface area contributed by atoms with E-state index in [9.17, 15) is 4.79 Å². The minimum Gasteiger partial charge on any atom is -0.373 e. The Labute approximate surface area is 150 Å². The number of carbonyl (C=O) groups is 1. The maximum Gasteiger partial charge on any atom is 0.248 e. The molecule has 2 aliphatic carbocycles. The molecule has 3 aliphatic rings. The Morgan fingerprint density at radius 1 is 1.24 bits per heavy atom. The fraction of sp³-hybridized carbons (Fsp3) is 0.667. The summed E-state index contributed by atoms with van der Waals surface area (Å²) in [5.41, 5.74) is 6.98. The van der Waals surface area contributed by atoms with Gasteiger partial charge in [0.05, 0.1) is 0 Å². The van der Waals surface area contributed by atoms with Crippen molar-refractivity contribution in [3.8, 4) is 0 Å². The standard InChI is InChI=1S/C21H30N2O2/c1-25-21(17-5-2-4-16(12-17)20(22)24)18-6-3-7-19(21)14-23(13-18)11-10-15-8-9-15/h2,4-5,12,15,18-19H,3,6-11,13-14H2,1H3,(H2,22,24)/t18-,19+,21?. The maximum absolute atomic E-state index is 11.7. The first-order valence-corrected chi connectivity index (χ1v) is 9.81. The quantitative estimate of drug-likeness (QED) is 0.864. The van der Waals surface area contributed by atoms with E-state index >= 15 is 0 Å². The molecule has 1 aromatic rings. The average Bonchev–Trinajstić information content (AvgIpc) is 3.43. The molecule has 4 heteroatoms. The second-order valence-electron chi connectivity index (χ2n) is 8.26. The predicted molar refractivity (Wildman–Crippen MR) is 98.3 cm³/mol. The number of nitrogens with two attached hydrogens (primary N) is 1. The van der Waals surface area contributed by atoms with Gasteiger partial charge in [-0.3, -0.25) is 4.79 Å². The summed E-state index contributed by atoms with van der Waals surface area (Å²) in [6.07, 6.45) is 7.91. The monoisotopic (exact) mass is 342 g/mol. The van der Waals surface area contributed by atoms with Crippen LogP contribution in [0.1, 0.15) is 54.4 Å². The Balaban J connectivity index is 1.61. The number of methoxy groups -OCH3 is 1. The molecule has 4 rings (SSSR count). The molecule has 4 nitrogen and oxygen atoms in total.